The molecule has 1 aromatic heterocycles. The number of benzene rings is 2. The van der Waals surface area contributed by atoms with E-state index in [4.69, 9.17) is 14.5 Å². The van der Waals surface area contributed by atoms with Crippen LogP contribution in [0.3, 0.4) is 0 Å². The number of rotatable bonds is 6. The number of carbonyl (C=O) groups excluding carboxylic acids is 1. The van der Waals surface area contributed by atoms with Gasteiger partial charge in [0.25, 0.3) is 5.91 Å². The maximum absolute atomic E-state index is 12.3. The van der Waals surface area contributed by atoms with Crippen molar-refractivity contribution in [3.63, 3.8) is 0 Å². The molecule has 3 aromatic rings. The van der Waals surface area contributed by atoms with Crippen molar-refractivity contribution in [1.82, 2.24) is 4.98 Å². The summed E-state index contributed by atoms with van der Waals surface area (Å²) in [6.45, 7) is 1.96. The molecular formula is C22H23N3O3. The highest BCUT2D eigenvalue weighted by atomic mass is 16.5. The van der Waals surface area contributed by atoms with Crippen LogP contribution in [-0.2, 0) is 4.79 Å². The lowest BCUT2D eigenvalue weighted by molar-refractivity contribution is -0.118. The van der Waals surface area contributed by atoms with Gasteiger partial charge in [-0.2, -0.15) is 0 Å². The number of nitrogens with zero attached hydrogens (tertiary/aromatic N) is 2. The number of pyridine rings is 1. The van der Waals surface area contributed by atoms with E-state index in [1.807, 2.05) is 36.4 Å². The maximum Gasteiger partial charge on any atom is 0.262 e. The summed E-state index contributed by atoms with van der Waals surface area (Å²) in [5, 5.41) is 3.81. The molecule has 1 aliphatic heterocycles. The van der Waals surface area contributed by atoms with Crippen LogP contribution in [0.2, 0.25) is 0 Å². The van der Waals surface area contributed by atoms with Crippen LogP contribution in [0, 0.1) is 0 Å². The van der Waals surface area contributed by atoms with Crippen LogP contribution in [0.4, 0.5) is 11.5 Å². The second-order valence-corrected chi connectivity index (χ2v) is 6.73. The number of aromatic nitrogens is 1. The number of para-hydroxylation sites is 3. The summed E-state index contributed by atoms with van der Waals surface area (Å²) in [5.74, 6) is 1.92. The van der Waals surface area contributed by atoms with E-state index in [0.717, 1.165) is 29.8 Å². The van der Waals surface area contributed by atoms with Crippen LogP contribution >= 0.6 is 0 Å². The van der Waals surface area contributed by atoms with E-state index in [1.54, 1.807) is 19.2 Å². The minimum atomic E-state index is -0.253. The average Bonchev–Trinajstić information content (AvgIpc) is 3.27. The van der Waals surface area contributed by atoms with Crippen molar-refractivity contribution in [2.75, 3.05) is 37.0 Å². The zero-order chi connectivity index (χ0) is 19.3. The van der Waals surface area contributed by atoms with Crippen molar-refractivity contribution >= 4 is 28.3 Å². The highest BCUT2D eigenvalue weighted by molar-refractivity contribution is 5.94. The number of carbonyl (C=O) groups is 1. The first-order chi connectivity index (χ1) is 13.7. The standard InChI is InChI=1S/C22H23N3O3/c1-27-18-9-3-2-8-17(18)23-21(26)15-28-19-10-6-7-16-11-12-20(24-22(16)19)25-13-4-5-14-25/h2-3,6-12H,4-5,13-15H2,1H3,(H,23,26). The number of nitrogens with one attached hydrogen (secondary N) is 1. The predicted octanol–water partition coefficient (Wildman–Crippen LogP) is 3.86. The summed E-state index contributed by atoms with van der Waals surface area (Å²) in [5.41, 5.74) is 1.39. The number of amides is 1. The Bertz CT molecular complexity index is 984. The molecule has 6 heteroatoms. The van der Waals surface area contributed by atoms with E-state index >= 15 is 0 Å². The van der Waals surface area contributed by atoms with Crippen LogP contribution in [-0.4, -0.2) is 37.7 Å². The third-order valence-electron chi connectivity index (χ3n) is 4.84. The van der Waals surface area contributed by atoms with Crippen LogP contribution in [0.15, 0.2) is 54.6 Å². The molecule has 0 radical (unpaired) electrons. The normalized spacial score (nSPS) is 13.5. The quantitative estimate of drug-likeness (QED) is 0.707. The van der Waals surface area contributed by atoms with Crippen molar-refractivity contribution in [2.24, 2.45) is 0 Å². The Balaban J connectivity index is 1.49. The van der Waals surface area contributed by atoms with Gasteiger partial charge in [-0.3, -0.25) is 4.79 Å². The Labute approximate surface area is 164 Å². The van der Waals surface area contributed by atoms with Gasteiger partial charge in [-0.25, -0.2) is 4.98 Å². The van der Waals surface area contributed by atoms with E-state index in [-0.39, 0.29) is 12.5 Å². The lowest BCUT2D eigenvalue weighted by Gasteiger charge is -2.17. The van der Waals surface area contributed by atoms with Crippen LogP contribution in [0.1, 0.15) is 12.8 Å². The molecule has 2 heterocycles. The highest BCUT2D eigenvalue weighted by Crippen LogP contribution is 2.28. The average molecular weight is 377 g/mol. The van der Waals surface area contributed by atoms with Gasteiger partial charge in [-0.05, 0) is 43.2 Å². The van der Waals surface area contributed by atoms with E-state index in [2.05, 4.69) is 16.3 Å². The van der Waals surface area contributed by atoms with Crippen molar-refractivity contribution in [3.05, 3.63) is 54.6 Å². The van der Waals surface area contributed by atoms with Gasteiger partial charge in [0, 0.05) is 18.5 Å². The number of fused-ring (bicyclic) bond motifs is 1. The molecule has 1 fully saturated rings. The largest absolute Gasteiger partial charge is 0.495 e. The Morgan fingerprint density at radius 3 is 2.64 bits per heavy atom. The molecule has 4 rings (SSSR count). The Morgan fingerprint density at radius 1 is 1.04 bits per heavy atom. The van der Waals surface area contributed by atoms with Crippen LogP contribution in [0.5, 0.6) is 11.5 Å². The molecule has 0 bridgehead atoms. The van der Waals surface area contributed by atoms with Gasteiger partial charge in [0.05, 0.1) is 12.8 Å². The first-order valence-electron chi connectivity index (χ1n) is 9.45. The van der Waals surface area contributed by atoms with Gasteiger partial charge >= 0.3 is 0 Å². The first kappa shape index (κ1) is 18.1. The third-order valence-corrected chi connectivity index (χ3v) is 4.84. The molecule has 2 aromatic carbocycles. The summed E-state index contributed by atoms with van der Waals surface area (Å²) < 4.78 is 11.1. The van der Waals surface area contributed by atoms with E-state index < -0.39 is 0 Å². The maximum atomic E-state index is 12.3. The fraction of sp³-hybridized carbons (Fsp3) is 0.273. The minimum absolute atomic E-state index is 0.104. The summed E-state index contributed by atoms with van der Waals surface area (Å²) in [6.07, 6.45) is 2.39. The summed E-state index contributed by atoms with van der Waals surface area (Å²) in [6, 6.07) is 17.1. The van der Waals surface area contributed by atoms with Crippen LogP contribution < -0.4 is 19.7 Å². The molecular weight excluding hydrogens is 354 g/mol. The van der Waals surface area contributed by atoms with Crippen molar-refractivity contribution in [3.8, 4) is 11.5 Å². The fourth-order valence-corrected chi connectivity index (χ4v) is 3.43. The first-order valence-corrected chi connectivity index (χ1v) is 9.45. The molecule has 1 N–H and O–H groups in total. The lowest BCUT2D eigenvalue weighted by atomic mass is 10.2. The predicted molar refractivity (Wildman–Crippen MR) is 110 cm³/mol. The van der Waals surface area contributed by atoms with Gasteiger partial charge in [0.1, 0.15) is 22.8 Å². The zero-order valence-electron chi connectivity index (χ0n) is 15.9. The molecule has 0 unspecified atom stereocenters. The molecule has 0 spiro atoms. The molecule has 28 heavy (non-hydrogen) atoms. The van der Waals surface area contributed by atoms with Gasteiger partial charge in [0.2, 0.25) is 0 Å². The van der Waals surface area contributed by atoms with Crippen molar-refractivity contribution < 1.29 is 14.3 Å². The zero-order valence-corrected chi connectivity index (χ0v) is 15.9. The van der Waals surface area contributed by atoms with Gasteiger partial charge in [-0.15, -0.1) is 0 Å². The second kappa shape index (κ2) is 8.17. The van der Waals surface area contributed by atoms with Gasteiger partial charge in [-0.1, -0.05) is 24.3 Å². The van der Waals surface area contributed by atoms with E-state index in [9.17, 15) is 4.79 Å². The molecule has 1 saturated heterocycles. The summed E-state index contributed by atoms with van der Waals surface area (Å²) >= 11 is 0. The van der Waals surface area contributed by atoms with Crippen molar-refractivity contribution in [1.29, 1.82) is 0 Å². The molecule has 6 nitrogen and oxygen atoms in total. The molecule has 0 aliphatic carbocycles. The molecule has 0 atom stereocenters. The molecule has 144 valence electrons. The van der Waals surface area contributed by atoms with Crippen molar-refractivity contribution in [2.45, 2.75) is 12.8 Å². The number of anilines is 2. The number of ether oxygens (including phenoxy) is 2. The van der Waals surface area contributed by atoms with E-state index in [1.165, 1.54) is 12.8 Å². The SMILES string of the molecule is COc1ccccc1NC(=O)COc1cccc2ccc(N3CCCC3)nc12. The fourth-order valence-electron chi connectivity index (χ4n) is 3.43. The number of methoxy groups -OCH3 is 1. The minimum Gasteiger partial charge on any atom is -0.495 e. The highest BCUT2D eigenvalue weighted by Gasteiger charge is 2.15. The third kappa shape index (κ3) is 3.86. The van der Waals surface area contributed by atoms with Gasteiger partial charge in [0.15, 0.2) is 6.61 Å². The second-order valence-electron chi connectivity index (χ2n) is 6.73. The number of hydrogen-bond acceptors (Lipinski definition) is 5. The Morgan fingerprint density at radius 2 is 1.82 bits per heavy atom. The molecule has 1 amide bonds. The smallest absolute Gasteiger partial charge is 0.262 e. The van der Waals surface area contributed by atoms with E-state index in [0.29, 0.717) is 17.2 Å². The lowest BCUT2D eigenvalue weighted by Crippen LogP contribution is -2.21. The summed E-state index contributed by atoms with van der Waals surface area (Å²) in [4.78, 5) is 19.4. The number of hydrogen-bond donors (Lipinski definition) is 1. The Hall–Kier alpha value is -3.28. The molecule has 0 saturated carbocycles. The topological polar surface area (TPSA) is 63.7 Å². The molecule has 1 aliphatic rings. The van der Waals surface area contributed by atoms with Crippen LogP contribution in [0.25, 0.3) is 10.9 Å². The summed E-state index contributed by atoms with van der Waals surface area (Å²) in [7, 11) is 1.57. The Kier molecular flexibility index (Phi) is 5.28. The monoisotopic (exact) mass is 377 g/mol. The van der Waals surface area contributed by atoms with Gasteiger partial charge < -0.3 is 19.7 Å².